The molecule has 1 aromatic heterocycles. The van der Waals surface area contributed by atoms with Crippen LogP contribution in [0.15, 0.2) is 71.6 Å². The molecule has 0 atom stereocenters. The van der Waals surface area contributed by atoms with Gasteiger partial charge >= 0.3 is 0 Å². The van der Waals surface area contributed by atoms with Gasteiger partial charge in [-0.3, -0.25) is 9.63 Å². The van der Waals surface area contributed by atoms with Gasteiger partial charge in [0.25, 0.3) is 0 Å². The van der Waals surface area contributed by atoms with E-state index in [4.69, 9.17) is 4.74 Å². The number of para-hydroxylation sites is 4. The van der Waals surface area contributed by atoms with E-state index in [9.17, 15) is 4.79 Å². The van der Waals surface area contributed by atoms with Gasteiger partial charge in [0.05, 0.1) is 30.6 Å². The van der Waals surface area contributed by atoms with E-state index in [1.54, 1.807) is 12.3 Å². The Labute approximate surface area is 144 Å². The molecule has 7 heteroatoms. The first-order valence-corrected chi connectivity index (χ1v) is 7.71. The van der Waals surface area contributed by atoms with Crippen molar-refractivity contribution in [3.8, 4) is 11.5 Å². The van der Waals surface area contributed by atoms with Gasteiger partial charge in [0.15, 0.2) is 11.5 Å². The quantitative estimate of drug-likeness (QED) is 0.509. The Morgan fingerprint density at radius 2 is 1.60 bits per heavy atom. The molecule has 5 rings (SSSR count). The van der Waals surface area contributed by atoms with Crippen molar-refractivity contribution in [2.75, 3.05) is 11.9 Å². The van der Waals surface area contributed by atoms with Crippen molar-refractivity contribution >= 4 is 17.3 Å². The summed E-state index contributed by atoms with van der Waals surface area (Å²) in [6, 6.07) is 17.6. The molecule has 0 radical (unpaired) electrons. The van der Waals surface area contributed by atoms with E-state index >= 15 is 0 Å². The number of nitrogens with one attached hydrogen (secondary N) is 2. The lowest BCUT2D eigenvalue weighted by Gasteiger charge is -2.20. The fourth-order valence-electron chi connectivity index (χ4n) is 2.08. The fraction of sp³-hybridized carbons (Fsp3) is 0.111. The van der Waals surface area contributed by atoms with Crippen LogP contribution in [-0.4, -0.2) is 17.7 Å². The molecule has 0 bridgehead atoms. The number of nitrogens with zero attached hydrogens (tertiary/aromatic N) is 1. The van der Waals surface area contributed by atoms with E-state index in [1.165, 1.54) is 6.26 Å². The first-order valence-electron chi connectivity index (χ1n) is 7.71. The van der Waals surface area contributed by atoms with Gasteiger partial charge in [0.2, 0.25) is 5.91 Å². The molecule has 1 saturated heterocycles. The Morgan fingerprint density at radius 3 is 2.00 bits per heavy atom. The van der Waals surface area contributed by atoms with Crippen molar-refractivity contribution in [2.24, 2.45) is 0 Å². The normalized spacial score (nSPS) is 13.4. The zero-order valence-corrected chi connectivity index (χ0v) is 13.3. The molecule has 128 valence electrons. The molecule has 0 unspecified atom stereocenters. The number of carbonyl (C=O) groups is 1. The third kappa shape index (κ3) is 4.82. The summed E-state index contributed by atoms with van der Waals surface area (Å²) in [6.45, 7) is 0.527. The Balaban J connectivity index is 0.000000136. The number of hydroxylamine groups is 1. The first-order chi connectivity index (χ1) is 12.3. The minimum Gasteiger partial charge on any atom is -0.453 e. The third-order valence-electron chi connectivity index (χ3n) is 3.23. The van der Waals surface area contributed by atoms with Crippen LogP contribution < -0.4 is 15.5 Å². The van der Waals surface area contributed by atoms with Gasteiger partial charge < -0.3 is 14.6 Å². The number of carbonyl (C=O) groups excluding carboxylic acids is 1. The summed E-state index contributed by atoms with van der Waals surface area (Å²) < 4.78 is 10.0. The molecule has 3 aromatic rings. The summed E-state index contributed by atoms with van der Waals surface area (Å²) in [5, 5.41) is 6.66. The van der Waals surface area contributed by atoms with Crippen LogP contribution in [0.25, 0.3) is 0 Å². The molecule has 25 heavy (non-hydrogen) atoms. The van der Waals surface area contributed by atoms with Crippen molar-refractivity contribution in [3.05, 3.63) is 67.1 Å². The average Bonchev–Trinajstić information content (AvgIpc) is 3.37. The molecule has 2 aliphatic heterocycles. The van der Waals surface area contributed by atoms with E-state index in [-0.39, 0.29) is 5.91 Å². The second-order valence-electron chi connectivity index (χ2n) is 5.03. The molecule has 2 aromatic carbocycles. The van der Waals surface area contributed by atoms with Gasteiger partial charge in [-0.15, -0.1) is 0 Å². The van der Waals surface area contributed by atoms with Gasteiger partial charge in [-0.1, -0.05) is 29.4 Å². The highest BCUT2D eigenvalue weighted by Gasteiger charge is 2.13. The highest BCUT2D eigenvalue weighted by atomic mass is 16.7. The summed E-state index contributed by atoms with van der Waals surface area (Å²) in [6.07, 6.45) is 3.61. The number of hydrogen-bond acceptors (Lipinski definition) is 6. The van der Waals surface area contributed by atoms with Gasteiger partial charge in [-0.25, -0.2) is 5.48 Å². The molecule has 2 N–H and O–H groups in total. The average molecular weight is 339 g/mol. The van der Waals surface area contributed by atoms with Crippen LogP contribution in [-0.2, 0) is 9.63 Å². The van der Waals surface area contributed by atoms with E-state index < -0.39 is 0 Å². The van der Waals surface area contributed by atoms with E-state index in [2.05, 4.69) is 25.3 Å². The summed E-state index contributed by atoms with van der Waals surface area (Å²) in [5.74, 6) is 1.74. The lowest BCUT2D eigenvalue weighted by Crippen LogP contribution is -2.10. The van der Waals surface area contributed by atoms with Crippen molar-refractivity contribution in [3.63, 3.8) is 0 Å². The molecule has 3 heterocycles. The molecule has 0 spiro atoms. The van der Waals surface area contributed by atoms with Gasteiger partial charge in [0, 0.05) is 0 Å². The van der Waals surface area contributed by atoms with Gasteiger partial charge in [-0.2, -0.15) is 0 Å². The van der Waals surface area contributed by atoms with E-state index in [0.29, 0.717) is 13.0 Å². The van der Waals surface area contributed by atoms with Crippen LogP contribution in [0.5, 0.6) is 11.5 Å². The smallest absolute Gasteiger partial charge is 0.245 e. The Kier molecular flexibility index (Phi) is 5.63. The zero-order valence-electron chi connectivity index (χ0n) is 13.3. The van der Waals surface area contributed by atoms with Crippen LogP contribution in [0.2, 0.25) is 0 Å². The van der Waals surface area contributed by atoms with Crippen molar-refractivity contribution in [1.29, 1.82) is 0 Å². The number of benzene rings is 2. The van der Waals surface area contributed by atoms with Crippen LogP contribution in [0.1, 0.15) is 6.42 Å². The van der Waals surface area contributed by atoms with Crippen LogP contribution in [0, 0.1) is 0 Å². The predicted octanol–water partition coefficient (Wildman–Crippen LogP) is 3.65. The van der Waals surface area contributed by atoms with Crippen LogP contribution in [0.3, 0.4) is 0 Å². The monoisotopic (exact) mass is 339 g/mol. The van der Waals surface area contributed by atoms with Gasteiger partial charge in [-0.05, 0) is 30.3 Å². The number of amides is 1. The number of aromatic nitrogens is 1. The predicted molar refractivity (Wildman–Crippen MR) is 91.5 cm³/mol. The maximum absolute atomic E-state index is 10.0. The molecule has 1 amide bonds. The summed E-state index contributed by atoms with van der Waals surface area (Å²) in [4.78, 5) is 14.5. The zero-order chi connectivity index (χ0) is 17.3. The Morgan fingerprint density at radius 1 is 0.920 bits per heavy atom. The SMILES string of the molecule is O=C1CCON1.c1ccc2c(c1)Nc1ccccc1O2.c1cnoc1. The first kappa shape index (κ1) is 16.5. The third-order valence-corrected chi connectivity index (χ3v) is 3.23. The molecule has 1 fully saturated rings. The fourth-order valence-corrected chi connectivity index (χ4v) is 2.08. The molecule has 0 saturated carbocycles. The molecular weight excluding hydrogens is 322 g/mol. The number of fused-ring (bicyclic) bond motifs is 2. The van der Waals surface area contributed by atoms with E-state index in [1.807, 2.05) is 48.5 Å². The molecule has 7 nitrogen and oxygen atoms in total. The van der Waals surface area contributed by atoms with Crippen molar-refractivity contribution in [1.82, 2.24) is 10.6 Å². The number of hydrogen-bond donors (Lipinski definition) is 2. The largest absolute Gasteiger partial charge is 0.453 e. The number of anilines is 2. The second kappa shape index (κ2) is 8.51. The summed E-state index contributed by atoms with van der Waals surface area (Å²) in [5.41, 5.74) is 4.22. The Bertz CT molecular complexity index is 693. The molecule has 0 aliphatic carbocycles. The standard InChI is InChI=1S/C12H9NO.C3H5NO2.C3H3NO/c1-3-7-11-9(5-1)13-10-6-2-4-8-12(10)14-11;5-3-1-2-6-4-3;1-2-4-5-3-1/h1-8,13H;1-2H2,(H,4,5);1-3H. The number of ether oxygens (including phenoxy) is 1. The van der Waals surface area contributed by atoms with Crippen LogP contribution in [0.4, 0.5) is 11.4 Å². The maximum Gasteiger partial charge on any atom is 0.245 e. The maximum atomic E-state index is 10.0. The van der Waals surface area contributed by atoms with Crippen LogP contribution >= 0.6 is 0 Å². The molecule has 2 aliphatic rings. The number of rotatable bonds is 0. The minimum atomic E-state index is -0.0185. The second-order valence-corrected chi connectivity index (χ2v) is 5.03. The van der Waals surface area contributed by atoms with E-state index in [0.717, 1.165) is 22.9 Å². The lowest BCUT2D eigenvalue weighted by atomic mass is 10.2. The topological polar surface area (TPSA) is 85.6 Å². The molecular formula is C18H17N3O4. The minimum absolute atomic E-state index is 0.0185. The highest BCUT2D eigenvalue weighted by Crippen LogP contribution is 2.40. The summed E-state index contributed by atoms with van der Waals surface area (Å²) >= 11 is 0. The summed E-state index contributed by atoms with van der Waals surface area (Å²) in [7, 11) is 0. The van der Waals surface area contributed by atoms with Crippen molar-refractivity contribution < 1.29 is 18.9 Å². The highest BCUT2D eigenvalue weighted by molar-refractivity contribution is 5.76. The van der Waals surface area contributed by atoms with Crippen molar-refractivity contribution in [2.45, 2.75) is 6.42 Å². The Hall–Kier alpha value is -3.32. The lowest BCUT2D eigenvalue weighted by molar-refractivity contribution is -0.124. The van der Waals surface area contributed by atoms with Gasteiger partial charge in [0.1, 0.15) is 6.26 Å².